The van der Waals surface area contributed by atoms with Crippen LogP contribution in [-0.4, -0.2) is 24.3 Å². The van der Waals surface area contributed by atoms with Gasteiger partial charge in [0.2, 0.25) is 6.79 Å². The van der Waals surface area contributed by atoms with Crippen molar-refractivity contribution in [3.63, 3.8) is 0 Å². The van der Waals surface area contributed by atoms with E-state index in [1.54, 1.807) is 11.2 Å². The number of carbonyl (C=O) groups is 1. The number of nitrogens with one attached hydrogen (secondary N) is 1. The summed E-state index contributed by atoms with van der Waals surface area (Å²) in [6.07, 6.45) is 1.60. The first-order valence-corrected chi connectivity index (χ1v) is 7.20. The molecule has 22 heavy (non-hydrogen) atoms. The second-order valence-corrected chi connectivity index (χ2v) is 4.96. The second-order valence-electron chi connectivity index (χ2n) is 4.96. The third-order valence-electron chi connectivity index (χ3n) is 3.35. The van der Waals surface area contributed by atoms with E-state index in [1.807, 2.05) is 37.3 Å². The number of hydrogen-bond acceptors (Lipinski definition) is 4. The van der Waals surface area contributed by atoms with Gasteiger partial charge in [-0.2, -0.15) is 0 Å². The van der Waals surface area contributed by atoms with Gasteiger partial charge in [-0.3, -0.25) is 0 Å². The van der Waals surface area contributed by atoms with Crippen molar-refractivity contribution in [2.45, 2.75) is 20.0 Å². The molecule has 0 saturated carbocycles. The van der Waals surface area contributed by atoms with Crippen LogP contribution in [0.15, 0.2) is 41.0 Å². The summed E-state index contributed by atoms with van der Waals surface area (Å²) >= 11 is 0. The van der Waals surface area contributed by atoms with Crippen LogP contribution >= 0.6 is 0 Å². The standard InChI is InChI=1S/C16H18N2O4/c1-2-17-16(19)18(10-13-4-3-7-20-13)9-12-5-6-14-15(8-12)22-11-21-14/h3-8H,2,9-11H2,1H3,(H,17,19). The van der Waals surface area contributed by atoms with Crippen molar-refractivity contribution < 1.29 is 18.7 Å². The first kappa shape index (κ1) is 14.3. The van der Waals surface area contributed by atoms with Crippen molar-refractivity contribution in [3.05, 3.63) is 47.9 Å². The third-order valence-corrected chi connectivity index (χ3v) is 3.35. The lowest BCUT2D eigenvalue weighted by atomic mass is 10.2. The number of carbonyl (C=O) groups excluding carboxylic acids is 1. The number of hydrogen-bond donors (Lipinski definition) is 1. The Hall–Kier alpha value is -2.63. The van der Waals surface area contributed by atoms with E-state index < -0.39 is 0 Å². The second kappa shape index (κ2) is 6.43. The van der Waals surface area contributed by atoms with Crippen molar-refractivity contribution in [1.82, 2.24) is 10.2 Å². The molecule has 2 heterocycles. The summed E-state index contributed by atoms with van der Waals surface area (Å²) in [6.45, 7) is 3.58. The molecule has 2 aromatic rings. The number of nitrogens with zero attached hydrogens (tertiary/aromatic N) is 1. The smallest absolute Gasteiger partial charge is 0.318 e. The van der Waals surface area contributed by atoms with Gasteiger partial charge in [0.25, 0.3) is 0 Å². The number of amides is 2. The lowest BCUT2D eigenvalue weighted by Gasteiger charge is -2.22. The van der Waals surface area contributed by atoms with Crippen LogP contribution in [0, 0.1) is 0 Å². The third kappa shape index (κ3) is 3.16. The monoisotopic (exact) mass is 302 g/mol. The lowest BCUT2D eigenvalue weighted by molar-refractivity contribution is 0.173. The fraction of sp³-hybridized carbons (Fsp3) is 0.312. The molecule has 1 aromatic carbocycles. The van der Waals surface area contributed by atoms with E-state index in [4.69, 9.17) is 13.9 Å². The highest BCUT2D eigenvalue weighted by atomic mass is 16.7. The number of benzene rings is 1. The van der Waals surface area contributed by atoms with E-state index in [-0.39, 0.29) is 12.8 Å². The summed E-state index contributed by atoms with van der Waals surface area (Å²) in [5, 5.41) is 2.82. The average molecular weight is 302 g/mol. The number of ether oxygens (including phenoxy) is 2. The fourth-order valence-electron chi connectivity index (χ4n) is 2.31. The van der Waals surface area contributed by atoms with E-state index in [0.717, 1.165) is 17.1 Å². The predicted octanol–water partition coefficient (Wildman–Crippen LogP) is 2.74. The fourth-order valence-corrected chi connectivity index (χ4v) is 2.31. The maximum atomic E-state index is 12.2. The minimum atomic E-state index is -0.128. The zero-order valence-corrected chi connectivity index (χ0v) is 12.4. The normalized spacial score (nSPS) is 12.2. The largest absolute Gasteiger partial charge is 0.467 e. The van der Waals surface area contributed by atoms with Crippen LogP contribution in [0.5, 0.6) is 11.5 Å². The quantitative estimate of drug-likeness (QED) is 0.922. The lowest BCUT2D eigenvalue weighted by Crippen LogP contribution is -2.38. The Balaban J connectivity index is 1.75. The van der Waals surface area contributed by atoms with E-state index in [0.29, 0.717) is 25.4 Å². The molecule has 0 atom stereocenters. The molecule has 3 rings (SSSR count). The molecule has 0 aliphatic carbocycles. The molecule has 0 fully saturated rings. The van der Waals surface area contributed by atoms with Gasteiger partial charge < -0.3 is 24.1 Å². The highest BCUT2D eigenvalue weighted by Crippen LogP contribution is 2.32. The van der Waals surface area contributed by atoms with E-state index in [9.17, 15) is 4.79 Å². The Morgan fingerprint density at radius 2 is 2.09 bits per heavy atom. The molecule has 1 aliphatic rings. The van der Waals surface area contributed by atoms with Crippen LogP contribution in [-0.2, 0) is 13.1 Å². The van der Waals surface area contributed by atoms with Crippen LogP contribution in [0.1, 0.15) is 18.2 Å². The molecule has 0 radical (unpaired) electrons. The van der Waals surface area contributed by atoms with Gasteiger partial charge in [0.05, 0.1) is 12.8 Å². The zero-order valence-electron chi connectivity index (χ0n) is 12.4. The summed E-state index contributed by atoms with van der Waals surface area (Å²) in [5.41, 5.74) is 0.974. The Bertz CT molecular complexity index is 640. The van der Waals surface area contributed by atoms with Gasteiger partial charge in [0.1, 0.15) is 5.76 Å². The Morgan fingerprint density at radius 3 is 2.86 bits per heavy atom. The topological polar surface area (TPSA) is 63.9 Å². The van der Waals surface area contributed by atoms with Crippen molar-refractivity contribution in [2.75, 3.05) is 13.3 Å². The maximum absolute atomic E-state index is 12.2. The first-order chi connectivity index (χ1) is 10.8. The van der Waals surface area contributed by atoms with E-state index in [1.165, 1.54) is 0 Å². The summed E-state index contributed by atoms with van der Waals surface area (Å²) < 4.78 is 16.0. The van der Waals surface area contributed by atoms with Crippen molar-refractivity contribution in [2.24, 2.45) is 0 Å². The van der Waals surface area contributed by atoms with Gasteiger partial charge in [-0.1, -0.05) is 6.07 Å². The van der Waals surface area contributed by atoms with Crippen LogP contribution in [0.25, 0.3) is 0 Å². The molecular weight excluding hydrogens is 284 g/mol. The molecule has 0 unspecified atom stereocenters. The molecule has 6 heteroatoms. The highest BCUT2D eigenvalue weighted by Gasteiger charge is 2.18. The number of furan rings is 1. The molecule has 1 aliphatic heterocycles. The molecular formula is C16H18N2O4. The van der Waals surface area contributed by atoms with Gasteiger partial charge in [0.15, 0.2) is 11.5 Å². The van der Waals surface area contributed by atoms with Crippen molar-refractivity contribution in [1.29, 1.82) is 0 Å². The van der Waals surface area contributed by atoms with Crippen molar-refractivity contribution >= 4 is 6.03 Å². The predicted molar refractivity (Wildman–Crippen MR) is 79.6 cm³/mol. The molecule has 1 aromatic heterocycles. The van der Waals surface area contributed by atoms with Crippen LogP contribution in [0.2, 0.25) is 0 Å². The Morgan fingerprint density at radius 1 is 1.23 bits per heavy atom. The minimum absolute atomic E-state index is 0.128. The molecule has 116 valence electrons. The number of fused-ring (bicyclic) bond motifs is 1. The van der Waals surface area contributed by atoms with Gasteiger partial charge >= 0.3 is 6.03 Å². The Kier molecular flexibility index (Phi) is 4.18. The summed E-state index contributed by atoms with van der Waals surface area (Å²) in [7, 11) is 0. The maximum Gasteiger partial charge on any atom is 0.318 e. The highest BCUT2D eigenvalue weighted by molar-refractivity contribution is 5.74. The van der Waals surface area contributed by atoms with Gasteiger partial charge in [-0.05, 0) is 36.8 Å². The first-order valence-electron chi connectivity index (χ1n) is 7.20. The molecule has 0 spiro atoms. The van der Waals surface area contributed by atoms with Crippen LogP contribution in [0.4, 0.5) is 4.79 Å². The molecule has 1 N–H and O–H groups in total. The summed E-state index contributed by atoms with van der Waals surface area (Å²) in [6, 6.07) is 9.23. The van der Waals surface area contributed by atoms with E-state index >= 15 is 0 Å². The molecule has 0 saturated heterocycles. The zero-order chi connectivity index (χ0) is 15.4. The van der Waals surface area contributed by atoms with Crippen molar-refractivity contribution in [3.8, 4) is 11.5 Å². The van der Waals surface area contributed by atoms with E-state index in [2.05, 4.69) is 5.32 Å². The SMILES string of the molecule is CCNC(=O)N(Cc1ccc2c(c1)OCO2)Cc1ccco1. The van der Waals surface area contributed by atoms with Gasteiger partial charge in [0, 0.05) is 13.1 Å². The number of rotatable bonds is 5. The molecule has 2 amide bonds. The number of urea groups is 1. The van der Waals surface area contributed by atoms with Crippen LogP contribution in [0.3, 0.4) is 0 Å². The minimum Gasteiger partial charge on any atom is -0.467 e. The Labute approximate surface area is 128 Å². The summed E-state index contributed by atoms with van der Waals surface area (Å²) in [4.78, 5) is 13.9. The molecule has 0 bridgehead atoms. The average Bonchev–Trinajstić information content (AvgIpc) is 3.17. The van der Waals surface area contributed by atoms with Gasteiger partial charge in [-0.25, -0.2) is 4.79 Å². The molecule has 6 nitrogen and oxygen atoms in total. The van der Waals surface area contributed by atoms with Crippen LogP contribution < -0.4 is 14.8 Å². The summed E-state index contributed by atoms with van der Waals surface area (Å²) in [5.74, 6) is 2.19. The van der Waals surface area contributed by atoms with Gasteiger partial charge in [-0.15, -0.1) is 0 Å².